The lowest BCUT2D eigenvalue weighted by Gasteiger charge is -2.31. The zero-order chi connectivity index (χ0) is 21.3. The van der Waals surface area contributed by atoms with E-state index in [-0.39, 0.29) is 11.9 Å². The van der Waals surface area contributed by atoms with E-state index in [4.69, 9.17) is 15.2 Å². The van der Waals surface area contributed by atoms with Gasteiger partial charge in [0.25, 0.3) is 0 Å². The standard InChI is InChI=1S/C26H27NO3/c1-4-29-26(28)20-8-6-5-7-19(20)25-21-13-16(2)9-10-23(21)30-24-15-18(11-12-27)17(3)14-22(24)25/h5-10,13-15,25H,4,11-12,27H2,1-3H3. The van der Waals surface area contributed by atoms with E-state index >= 15 is 0 Å². The lowest BCUT2D eigenvalue weighted by Crippen LogP contribution is -2.17. The molecule has 154 valence electrons. The minimum absolute atomic E-state index is 0.116. The van der Waals surface area contributed by atoms with Gasteiger partial charge >= 0.3 is 5.97 Å². The van der Waals surface area contributed by atoms with E-state index in [0.29, 0.717) is 18.7 Å². The number of ether oxygens (including phenoxy) is 2. The van der Waals surface area contributed by atoms with E-state index in [0.717, 1.165) is 40.2 Å². The maximum atomic E-state index is 12.7. The van der Waals surface area contributed by atoms with Crippen molar-refractivity contribution in [3.8, 4) is 11.5 Å². The van der Waals surface area contributed by atoms with Crippen molar-refractivity contribution in [3.05, 3.63) is 93.5 Å². The highest BCUT2D eigenvalue weighted by molar-refractivity contribution is 5.92. The number of hydrogen-bond acceptors (Lipinski definition) is 4. The average molecular weight is 402 g/mol. The molecule has 1 aliphatic rings. The van der Waals surface area contributed by atoms with E-state index in [1.165, 1.54) is 11.1 Å². The Labute approximate surface area is 177 Å². The molecule has 4 rings (SSSR count). The van der Waals surface area contributed by atoms with Crippen molar-refractivity contribution >= 4 is 5.97 Å². The van der Waals surface area contributed by atoms with Gasteiger partial charge in [-0.1, -0.05) is 42.0 Å². The van der Waals surface area contributed by atoms with Crippen molar-refractivity contribution in [1.29, 1.82) is 0 Å². The summed E-state index contributed by atoms with van der Waals surface area (Å²) in [5.41, 5.74) is 13.0. The quantitative estimate of drug-likeness (QED) is 0.463. The van der Waals surface area contributed by atoms with Crippen molar-refractivity contribution in [2.75, 3.05) is 13.2 Å². The summed E-state index contributed by atoms with van der Waals surface area (Å²) in [5, 5.41) is 0. The van der Waals surface area contributed by atoms with Gasteiger partial charge in [-0.25, -0.2) is 4.79 Å². The zero-order valence-corrected chi connectivity index (χ0v) is 17.7. The molecule has 1 aliphatic heterocycles. The first-order chi connectivity index (χ1) is 14.5. The summed E-state index contributed by atoms with van der Waals surface area (Å²) in [4.78, 5) is 12.7. The fourth-order valence-electron chi connectivity index (χ4n) is 4.24. The second-order valence-corrected chi connectivity index (χ2v) is 7.74. The molecule has 30 heavy (non-hydrogen) atoms. The average Bonchev–Trinajstić information content (AvgIpc) is 2.73. The van der Waals surface area contributed by atoms with Crippen molar-refractivity contribution in [2.45, 2.75) is 33.1 Å². The van der Waals surface area contributed by atoms with Crippen LogP contribution >= 0.6 is 0 Å². The fraction of sp³-hybridized carbons (Fsp3) is 0.269. The normalized spacial score (nSPS) is 14.5. The Kier molecular flexibility index (Phi) is 5.60. The van der Waals surface area contributed by atoms with Crippen LogP contribution in [0.2, 0.25) is 0 Å². The number of esters is 1. The first kappa shape index (κ1) is 20.2. The number of carbonyl (C=O) groups excluding carboxylic acids is 1. The van der Waals surface area contributed by atoms with Gasteiger partial charge in [0, 0.05) is 17.0 Å². The van der Waals surface area contributed by atoms with Crippen LogP contribution in [0.4, 0.5) is 0 Å². The summed E-state index contributed by atoms with van der Waals surface area (Å²) in [7, 11) is 0. The van der Waals surface area contributed by atoms with Crippen LogP contribution in [0, 0.1) is 13.8 Å². The van der Waals surface area contributed by atoms with Crippen LogP contribution in [0.1, 0.15) is 56.6 Å². The van der Waals surface area contributed by atoms with E-state index in [1.54, 1.807) is 0 Å². The first-order valence-corrected chi connectivity index (χ1v) is 10.4. The first-order valence-electron chi connectivity index (χ1n) is 10.4. The van der Waals surface area contributed by atoms with Crippen LogP contribution in [0.25, 0.3) is 0 Å². The van der Waals surface area contributed by atoms with E-state index < -0.39 is 0 Å². The molecule has 0 radical (unpaired) electrons. The van der Waals surface area contributed by atoms with Crippen LogP contribution in [0.15, 0.2) is 54.6 Å². The molecule has 1 unspecified atom stereocenters. The number of benzene rings is 3. The molecule has 1 atom stereocenters. The van der Waals surface area contributed by atoms with Gasteiger partial charge in [0.1, 0.15) is 11.5 Å². The number of hydrogen-bond donors (Lipinski definition) is 1. The Hall–Kier alpha value is -3.11. The molecule has 2 N–H and O–H groups in total. The second kappa shape index (κ2) is 8.33. The number of nitrogens with two attached hydrogens (primary N) is 1. The van der Waals surface area contributed by atoms with Gasteiger partial charge in [0.15, 0.2) is 0 Å². The highest BCUT2D eigenvalue weighted by atomic mass is 16.5. The molecule has 0 amide bonds. The summed E-state index contributed by atoms with van der Waals surface area (Å²) in [6.07, 6.45) is 0.799. The predicted molar refractivity (Wildman–Crippen MR) is 119 cm³/mol. The summed E-state index contributed by atoms with van der Waals surface area (Å²) in [6, 6.07) is 18.2. The predicted octanol–water partition coefficient (Wildman–Crippen LogP) is 5.27. The number of carbonyl (C=O) groups is 1. The Morgan fingerprint density at radius 3 is 2.53 bits per heavy atom. The Bertz CT molecular complexity index is 1100. The third-order valence-corrected chi connectivity index (χ3v) is 5.66. The molecule has 3 aromatic carbocycles. The van der Waals surface area contributed by atoms with Gasteiger partial charge in [-0.05, 0) is 68.6 Å². The largest absolute Gasteiger partial charge is 0.462 e. The molecule has 3 aromatic rings. The van der Waals surface area contributed by atoms with Crippen molar-refractivity contribution in [1.82, 2.24) is 0 Å². The fourth-order valence-corrected chi connectivity index (χ4v) is 4.24. The van der Waals surface area contributed by atoms with E-state index in [2.05, 4.69) is 32.0 Å². The SMILES string of the molecule is CCOC(=O)c1ccccc1C1c2cc(C)ccc2Oc2cc(CCN)c(C)cc21. The molecule has 1 heterocycles. The second-order valence-electron chi connectivity index (χ2n) is 7.74. The van der Waals surface area contributed by atoms with Gasteiger partial charge in [0.2, 0.25) is 0 Å². The lowest BCUT2D eigenvalue weighted by atomic mass is 9.79. The molecule has 0 saturated carbocycles. The summed E-state index contributed by atoms with van der Waals surface area (Å²) < 4.78 is 11.7. The third kappa shape index (κ3) is 3.59. The van der Waals surface area contributed by atoms with Gasteiger partial charge in [-0.15, -0.1) is 0 Å². The highest BCUT2D eigenvalue weighted by Gasteiger charge is 2.32. The maximum Gasteiger partial charge on any atom is 0.338 e. The molecule has 0 spiro atoms. The summed E-state index contributed by atoms with van der Waals surface area (Å²) in [6.45, 7) is 6.93. The van der Waals surface area contributed by atoms with Crippen LogP contribution < -0.4 is 10.5 Å². The highest BCUT2D eigenvalue weighted by Crippen LogP contribution is 2.49. The van der Waals surface area contributed by atoms with Crippen LogP contribution in [0.5, 0.6) is 11.5 Å². The molecule has 0 aromatic heterocycles. The van der Waals surface area contributed by atoms with E-state index in [9.17, 15) is 4.79 Å². The molecular weight excluding hydrogens is 374 g/mol. The minimum Gasteiger partial charge on any atom is -0.462 e. The van der Waals surface area contributed by atoms with E-state index in [1.807, 2.05) is 43.3 Å². The molecule has 4 nitrogen and oxygen atoms in total. The molecular formula is C26H27NO3. The van der Waals surface area contributed by atoms with Crippen molar-refractivity contribution in [2.24, 2.45) is 5.73 Å². The Morgan fingerprint density at radius 2 is 1.77 bits per heavy atom. The Morgan fingerprint density at radius 1 is 1.00 bits per heavy atom. The van der Waals surface area contributed by atoms with Crippen molar-refractivity contribution < 1.29 is 14.3 Å². The Balaban J connectivity index is 1.96. The monoisotopic (exact) mass is 401 g/mol. The molecule has 0 fully saturated rings. The topological polar surface area (TPSA) is 61.5 Å². The number of aryl methyl sites for hydroxylation is 2. The van der Waals surface area contributed by atoms with Gasteiger partial charge in [0.05, 0.1) is 12.2 Å². The molecule has 0 aliphatic carbocycles. The van der Waals surface area contributed by atoms with Crippen molar-refractivity contribution in [3.63, 3.8) is 0 Å². The number of fused-ring (bicyclic) bond motifs is 2. The minimum atomic E-state index is -0.299. The molecule has 0 bridgehead atoms. The summed E-state index contributed by atoms with van der Waals surface area (Å²) in [5.74, 6) is 1.23. The van der Waals surface area contributed by atoms with Gasteiger partial charge < -0.3 is 15.2 Å². The van der Waals surface area contributed by atoms with Crippen LogP contribution in [-0.4, -0.2) is 19.1 Å². The van der Waals surface area contributed by atoms with Gasteiger partial charge in [-0.3, -0.25) is 0 Å². The number of rotatable bonds is 5. The lowest BCUT2D eigenvalue weighted by molar-refractivity contribution is 0.0525. The molecule has 4 heteroatoms. The van der Waals surface area contributed by atoms with Gasteiger partial charge in [-0.2, -0.15) is 0 Å². The van der Waals surface area contributed by atoms with Crippen LogP contribution in [-0.2, 0) is 11.2 Å². The zero-order valence-electron chi connectivity index (χ0n) is 17.7. The maximum absolute atomic E-state index is 12.7. The molecule has 0 saturated heterocycles. The van der Waals surface area contributed by atoms with Crippen LogP contribution in [0.3, 0.4) is 0 Å². The summed E-state index contributed by atoms with van der Waals surface area (Å²) >= 11 is 0. The third-order valence-electron chi connectivity index (χ3n) is 5.66. The smallest absolute Gasteiger partial charge is 0.338 e.